The molecule has 126 valence electrons. The molecule has 24 heavy (non-hydrogen) atoms. The number of benzene rings is 1. The van der Waals surface area contributed by atoms with Crippen LogP contribution in [0.5, 0.6) is 0 Å². The standard InChI is InChI=1S/C18H21FN4O/c1-21-11-18(12-21)6-7-22(13-18)17(24)15-8-20-23(10-15)9-14-2-4-16(19)5-3-14/h2-5,8,10H,6-7,9,11-13H2,1H3. The molecule has 2 aliphatic rings. The minimum absolute atomic E-state index is 0.0618. The van der Waals surface area contributed by atoms with Crippen molar-refractivity contribution in [2.45, 2.75) is 13.0 Å². The van der Waals surface area contributed by atoms with Gasteiger partial charge in [-0.1, -0.05) is 12.1 Å². The second-order valence-corrected chi connectivity index (χ2v) is 7.20. The van der Waals surface area contributed by atoms with E-state index < -0.39 is 0 Å². The van der Waals surface area contributed by atoms with E-state index in [1.807, 2.05) is 4.90 Å². The van der Waals surface area contributed by atoms with Crippen molar-refractivity contribution in [2.75, 3.05) is 33.2 Å². The van der Waals surface area contributed by atoms with Crippen LogP contribution >= 0.6 is 0 Å². The second kappa shape index (κ2) is 5.70. The molecule has 2 aliphatic heterocycles. The Kier molecular flexibility index (Phi) is 3.64. The summed E-state index contributed by atoms with van der Waals surface area (Å²) in [7, 11) is 2.12. The highest BCUT2D eigenvalue weighted by molar-refractivity contribution is 5.94. The molecule has 0 radical (unpaired) electrons. The number of nitrogens with zero attached hydrogens (tertiary/aromatic N) is 4. The predicted molar refractivity (Wildman–Crippen MR) is 88.2 cm³/mol. The highest BCUT2D eigenvalue weighted by Crippen LogP contribution is 2.38. The number of amides is 1. The first-order valence-electron chi connectivity index (χ1n) is 8.28. The number of carbonyl (C=O) groups is 1. The van der Waals surface area contributed by atoms with Crippen LogP contribution in [0.15, 0.2) is 36.7 Å². The van der Waals surface area contributed by atoms with Crippen LogP contribution in [-0.2, 0) is 6.54 Å². The zero-order valence-electron chi connectivity index (χ0n) is 13.8. The summed E-state index contributed by atoms with van der Waals surface area (Å²) in [5.74, 6) is -0.188. The van der Waals surface area contributed by atoms with Crippen LogP contribution in [0, 0.1) is 11.2 Å². The first-order valence-corrected chi connectivity index (χ1v) is 8.28. The smallest absolute Gasteiger partial charge is 0.257 e. The molecular formula is C18H21FN4O. The van der Waals surface area contributed by atoms with Gasteiger partial charge in [0.1, 0.15) is 5.82 Å². The highest BCUT2D eigenvalue weighted by atomic mass is 19.1. The van der Waals surface area contributed by atoms with Gasteiger partial charge in [0.05, 0.1) is 18.3 Å². The zero-order valence-corrected chi connectivity index (χ0v) is 13.8. The first-order chi connectivity index (χ1) is 11.5. The summed E-state index contributed by atoms with van der Waals surface area (Å²) in [6, 6.07) is 6.33. The van der Waals surface area contributed by atoms with E-state index in [-0.39, 0.29) is 11.7 Å². The normalized spacial score (nSPS) is 19.7. The molecule has 1 spiro atoms. The van der Waals surface area contributed by atoms with Crippen LogP contribution in [0.4, 0.5) is 4.39 Å². The molecule has 1 aromatic carbocycles. The summed E-state index contributed by atoms with van der Waals surface area (Å²) in [6.45, 7) is 4.37. The van der Waals surface area contributed by atoms with Crippen LogP contribution in [0.1, 0.15) is 22.3 Å². The summed E-state index contributed by atoms with van der Waals surface area (Å²) in [5, 5.41) is 4.28. The van der Waals surface area contributed by atoms with Gasteiger partial charge < -0.3 is 9.80 Å². The van der Waals surface area contributed by atoms with Crippen molar-refractivity contribution in [1.29, 1.82) is 0 Å². The molecule has 6 heteroatoms. The van der Waals surface area contributed by atoms with Gasteiger partial charge in [0.2, 0.25) is 0 Å². The summed E-state index contributed by atoms with van der Waals surface area (Å²) >= 11 is 0. The molecule has 1 amide bonds. The van der Waals surface area contributed by atoms with Crippen LogP contribution in [-0.4, -0.2) is 58.7 Å². The van der Waals surface area contributed by atoms with E-state index >= 15 is 0 Å². The molecule has 2 saturated heterocycles. The Morgan fingerprint density at radius 2 is 2.00 bits per heavy atom. The van der Waals surface area contributed by atoms with E-state index in [0.29, 0.717) is 17.5 Å². The monoisotopic (exact) mass is 328 g/mol. The number of carbonyl (C=O) groups excluding carboxylic acids is 1. The minimum Gasteiger partial charge on any atom is -0.338 e. The van der Waals surface area contributed by atoms with Crippen molar-refractivity contribution < 1.29 is 9.18 Å². The van der Waals surface area contributed by atoms with Gasteiger partial charge in [-0.15, -0.1) is 0 Å². The molecule has 2 aromatic rings. The lowest BCUT2D eigenvalue weighted by molar-refractivity contribution is 0.0294. The number of likely N-dealkylation sites (tertiary alicyclic amines) is 2. The lowest BCUT2D eigenvalue weighted by Gasteiger charge is -2.46. The molecule has 4 rings (SSSR count). The van der Waals surface area contributed by atoms with Crippen LogP contribution in [0.25, 0.3) is 0 Å². The summed E-state index contributed by atoms with van der Waals surface area (Å²) in [4.78, 5) is 16.9. The summed E-state index contributed by atoms with van der Waals surface area (Å²) in [6.07, 6.45) is 4.50. The molecule has 0 N–H and O–H groups in total. The Labute approximate surface area is 140 Å². The van der Waals surface area contributed by atoms with Gasteiger partial charge in [0, 0.05) is 37.8 Å². The number of aromatic nitrogens is 2. The van der Waals surface area contributed by atoms with Gasteiger partial charge in [-0.25, -0.2) is 4.39 Å². The second-order valence-electron chi connectivity index (χ2n) is 7.20. The van der Waals surface area contributed by atoms with Gasteiger partial charge in [-0.2, -0.15) is 5.10 Å². The average Bonchev–Trinajstić information content (AvgIpc) is 3.16. The maximum atomic E-state index is 13.0. The number of halogens is 1. The number of rotatable bonds is 3. The van der Waals surface area contributed by atoms with Gasteiger partial charge in [0.15, 0.2) is 0 Å². The molecule has 0 unspecified atom stereocenters. The minimum atomic E-state index is -0.250. The SMILES string of the molecule is CN1CC2(CCN(C(=O)c3cnn(Cc4ccc(F)cc4)c3)C2)C1. The fraction of sp³-hybridized carbons (Fsp3) is 0.444. The summed E-state index contributed by atoms with van der Waals surface area (Å²) in [5.41, 5.74) is 1.90. The molecule has 0 saturated carbocycles. The third kappa shape index (κ3) is 2.82. The lowest BCUT2D eigenvalue weighted by atomic mass is 9.79. The van der Waals surface area contributed by atoms with E-state index in [2.05, 4.69) is 17.0 Å². The van der Waals surface area contributed by atoms with Crippen molar-refractivity contribution in [3.05, 3.63) is 53.6 Å². The zero-order chi connectivity index (χ0) is 16.7. The van der Waals surface area contributed by atoms with E-state index in [1.165, 1.54) is 12.1 Å². The van der Waals surface area contributed by atoms with Crippen LogP contribution in [0.3, 0.4) is 0 Å². The van der Waals surface area contributed by atoms with Gasteiger partial charge in [0.25, 0.3) is 5.91 Å². The molecule has 0 atom stereocenters. The predicted octanol–water partition coefficient (Wildman–Crippen LogP) is 1.85. The highest BCUT2D eigenvalue weighted by Gasteiger charge is 2.47. The van der Waals surface area contributed by atoms with Crippen molar-refractivity contribution in [3.8, 4) is 0 Å². The van der Waals surface area contributed by atoms with E-state index in [1.54, 1.807) is 29.2 Å². The topological polar surface area (TPSA) is 41.4 Å². The van der Waals surface area contributed by atoms with E-state index in [4.69, 9.17) is 0 Å². The molecule has 1 aromatic heterocycles. The third-order valence-corrected chi connectivity index (χ3v) is 5.07. The molecular weight excluding hydrogens is 307 g/mol. The molecule has 2 fully saturated rings. The Hall–Kier alpha value is -2.21. The van der Waals surface area contributed by atoms with Gasteiger partial charge >= 0.3 is 0 Å². The van der Waals surface area contributed by atoms with Gasteiger partial charge in [-0.3, -0.25) is 9.48 Å². The molecule has 3 heterocycles. The van der Waals surface area contributed by atoms with Gasteiger partial charge in [-0.05, 0) is 31.2 Å². The Morgan fingerprint density at radius 1 is 1.25 bits per heavy atom. The van der Waals surface area contributed by atoms with E-state index in [9.17, 15) is 9.18 Å². The maximum Gasteiger partial charge on any atom is 0.257 e. The van der Waals surface area contributed by atoms with Crippen molar-refractivity contribution in [3.63, 3.8) is 0 Å². The van der Waals surface area contributed by atoms with Crippen LogP contribution < -0.4 is 0 Å². The Balaban J connectivity index is 1.41. The quantitative estimate of drug-likeness (QED) is 0.863. The Bertz CT molecular complexity index is 749. The third-order valence-electron chi connectivity index (χ3n) is 5.07. The molecule has 0 aliphatic carbocycles. The van der Waals surface area contributed by atoms with Crippen molar-refractivity contribution >= 4 is 5.91 Å². The van der Waals surface area contributed by atoms with E-state index in [0.717, 1.165) is 38.2 Å². The Morgan fingerprint density at radius 3 is 2.71 bits per heavy atom. The first kappa shape index (κ1) is 15.3. The fourth-order valence-electron chi connectivity index (χ4n) is 3.99. The largest absolute Gasteiger partial charge is 0.338 e. The maximum absolute atomic E-state index is 13.0. The molecule has 5 nitrogen and oxygen atoms in total. The fourth-order valence-corrected chi connectivity index (χ4v) is 3.99. The lowest BCUT2D eigenvalue weighted by Crippen LogP contribution is -2.55. The van der Waals surface area contributed by atoms with Crippen LogP contribution in [0.2, 0.25) is 0 Å². The summed E-state index contributed by atoms with van der Waals surface area (Å²) < 4.78 is 14.7. The number of hydrogen-bond donors (Lipinski definition) is 0. The number of hydrogen-bond acceptors (Lipinski definition) is 3. The van der Waals surface area contributed by atoms with Crippen molar-refractivity contribution in [1.82, 2.24) is 19.6 Å². The average molecular weight is 328 g/mol. The molecule has 0 bridgehead atoms. The van der Waals surface area contributed by atoms with Crippen molar-refractivity contribution in [2.24, 2.45) is 5.41 Å².